The van der Waals surface area contributed by atoms with Crippen LogP contribution in [0, 0.1) is 0 Å². The van der Waals surface area contributed by atoms with Gasteiger partial charge in [-0.3, -0.25) is 14.4 Å². The molecule has 0 aromatic heterocycles. The van der Waals surface area contributed by atoms with Crippen LogP contribution in [0.3, 0.4) is 0 Å². The smallest absolute Gasteiger partial charge is 0.254 e. The number of nitrogens with zero attached hydrogens (tertiary/aromatic N) is 1. The molecule has 0 spiro atoms. The highest BCUT2D eigenvalue weighted by Gasteiger charge is 2.59. The number of benzene rings is 3. The van der Waals surface area contributed by atoms with Gasteiger partial charge in [0.05, 0.1) is 0 Å². The number of Topliss-reactive ketones (excluding diaryl/α,β-unsaturated/α-hetero) is 1. The van der Waals surface area contributed by atoms with Gasteiger partial charge in [0.15, 0.2) is 11.3 Å². The molecule has 2 amide bonds. The Hall–Kier alpha value is -3.22. The summed E-state index contributed by atoms with van der Waals surface area (Å²) >= 11 is 9.45. The summed E-state index contributed by atoms with van der Waals surface area (Å²) in [6, 6.07) is 23.3. The van der Waals surface area contributed by atoms with E-state index in [-0.39, 0.29) is 18.9 Å². The molecular weight excluding hydrogens is 552 g/mol. The first-order valence-electron chi connectivity index (χ1n) is 11.9. The Balaban J connectivity index is 1.89. The molecular formula is C30H28BrClN2O3. The van der Waals surface area contributed by atoms with Gasteiger partial charge in [-0.15, -0.1) is 0 Å². The molecule has 190 valence electrons. The van der Waals surface area contributed by atoms with Crippen LogP contribution in [-0.2, 0) is 16.1 Å². The number of ketones is 1. The molecule has 1 N–H and O–H groups in total. The molecule has 1 aliphatic heterocycles. The van der Waals surface area contributed by atoms with Crippen LogP contribution in [0.15, 0.2) is 88.9 Å². The van der Waals surface area contributed by atoms with Crippen molar-refractivity contribution in [3.63, 3.8) is 0 Å². The number of amides is 2. The van der Waals surface area contributed by atoms with Crippen LogP contribution in [0.2, 0.25) is 5.02 Å². The average molecular weight is 580 g/mol. The Morgan fingerprint density at radius 2 is 1.62 bits per heavy atom. The van der Waals surface area contributed by atoms with Gasteiger partial charge in [0.25, 0.3) is 11.8 Å². The topological polar surface area (TPSA) is 66.5 Å². The van der Waals surface area contributed by atoms with Crippen molar-refractivity contribution in [2.75, 3.05) is 0 Å². The molecule has 37 heavy (non-hydrogen) atoms. The van der Waals surface area contributed by atoms with E-state index in [1.165, 1.54) is 4.90 Å². The SMILES string of the molecule is CC(C)(C)NC(=O)C1(C(=O)c2ccc(Br)cc2)C/C(=C\c2ccc(Cl)cc2)C(=O)N1Cc1ccccc1. The summed E-state index contributed by atoms with van der Waals surface area (Å²) in [5.41, 5.74) is -0.0604. The molecule has 1 heterocycles. The number of hydrogen-bond acceptors (Lipinski definition) is 3. The van der Waals surface area contributed by atoms with Gasteiger partial charge in [-0.2, -0.15) is 0 Å². The van der Waals surface area contributed by atoms with Crippen molar-refractivity contribution < 1.29 is 14.4 Å². The van der Waals surface area contributed by atoms with Gasteiger partial charge in [-0.05, 0) is 62.2 Å². The normalized spacial score (nSPS) is 18.8. The summed E-state index contributed by atoms with van der Waals surface area (Å²) in [6.45, 7) is 5.67. The third-order valence-electron chi connectivity index (χ3n) is 6.17. The van der Waals surface area contributed by atoms with Crippen LogP contribution in [0.4, 0.5) is 0 Å². The number of hydrogen-bond donors (Lipinski definition) is 1. The van der Waals surface area contributed by atoms with Gasteiger partial charge >= 0.3 is 0 Å². The largest absolute Gasteiger partial charge is 0.349 e. The number of carbonyl (C=O) groups is 3. The second-order valence-electron chi connectivity index (χ2n) is 10.2. The number of nitrogens with one attached hydrogen (secondary N) is 1. The van der Waals surface area contributed by atoms with Crippen LogP contribution >= 0.6 is 27.5 Å². The summed E-state index contributed by atoms with van der Waals surface area (Å²) in [6.07, 6.45) is 1.68. The molecule has 4 rings (SSSR count). The summed E-state index contributed by atoms with van der Waals surface area (Å²) in [7, 11) is 0. The molecule has 0 bridgehead atoms. The van der Waals surface area contributed by atoms with Gasteiger partial charge in [-0.1, -0.05) is 82.1 Å². The van der Waals surface area contributed by atoms with E-state index in [2.05, 4.69) is 21.2 Å². The Morgan fingerprint density at radius 1 is 1.00 bits per heavy atom. The highest BCUT2D eigenvalue weighted by Crippen LogP contribution is 2.40. The summed E-state index contributed by atoms with van der Waals surface area (Å²) in [4.78, 5) is 43.7. The molecule has 1 atom stereocenters. The minimum atomic E-state index is -1.76. The maximum atomic E-state index is 14.3. The lowest BCUT2D eigenvalue weighted by Gasteiger charge is -2.37. The van der Waals surface area contributed by atoms with Crippen molar-refractivity contribution in [3.8, 4) is 0 Å². The minimum Gasteiger partial charge on any atom is -0.349 e. The van der Waals surface area contributed by atoms with Gasteiger partial charge in [0, 0.05) is 39.1 Å². The van der Waals surface area contributed by atoms with Crippen LogP contribution < -0.4 is 5.32 Å². The third-order valence-corrected chi connectivity index (χ3v) is 6.95. The summed E-state index contributed by atoms with van der Waals surface area (Å²) in [5, 5.41) is 3.56. The molecule has 1 aliphatic rings. The average Bonchev–Trinajstić information content (AvgIpc) is 3.12. The molecule has 7 heteroatoms. The zero-order valence-corrected chi connectivity index (χ0v) is 23.3. The molecule has 1 saturated heterocycles. The second kappa shape index (κ2) is 10.6. The van der Waals surface area contributed by atoms with E-state index in [1.807, 2.05) is 51.1 Å². The first-order chi connectivity index (χ1) is 17.5. The Bertz CT molecular complexity index is 1350. The third kappa shape index (κ3) is 5.86. The standard InChI is InChI=1S/C30H28BrClN2O3/c1-29(2,3)33-28(37)30(26(35)22-11-13-24(31)14-12-22)18-23(17-20-9-15-25(32)16-10-20)27(36)34(30)19-21-7-5-4-6-8-21/h4-17H,18-19H2,1-3H3,(H,33,37)/b23-17+. The predicted molar refractivity (Wildman–Crippen MR) is 150 cm³/mol. The van der Waals surface area contributed by atoms with E-state index in [1.54, 1.807) is 54.6 Å². The maximum Gasteiger partial charge on any atom is 0.254 e. The fraction of sp³-hybridized carbons (Fsp3) is 0.233. The Morgan fingerprint density at radius 3 is 2.22 bits per heavy atom. The van der Waals surface area contributed by atoms with Crippen molar-refractivity contribution in [1.82, 2.24) is 10.2 Å². The molecule has 5 nitrogen and oxygen atoms in total. The molecule has 0 saturated carbocycles. The summed E-state index contributed by atoms with van der Waals surface area (Å²) < 4.78 is 0.809. The highest BCUT2D eigenvalue weighted by molar-refractivity contribution is 9.10. The van der Waals surface area contributed by atoms with Crippen molar-refractivity contribution in [3.05, 3.63) is 111 Å². The van der Waals surface area contributed by atoms with Crippen molar-refractivity contribution in [2.24, 2.45) is 0 Å². The fourth-order valence-corrected chi connectivity index (χ4v) is 4.82. The second-order valence-corrected chi connectivity index (χ2v) is 11.5. The van der Waals surface area contributed by atoms with E-state index >= 15 is 0 Å². The number of rotatable bonds is 6. The van der Waals surface area contributed by atoms with E-state index in [0.29, 0.717) is 16.2 Å². The van der Waals surface area contributed by atoms with Crippen LogP contribution in [0.5, 0.6) is 0 Å². The highest BCUT2D eigenvalue weighted by atomic mass is 79.9. The predicted octanol–water partition coefficient (Wildman–Crippen LogP) is 6.45. The van der Waals surface area contributed by atoms with Gasteiger partial charge in [-0.25, -0.2) is 0 Å². The summed E-state index contributed by atoms with van der Waals surface area (Å²) in [5.74, 6) is -1.28. The van der Waals surface area contributed by atoms with Crippen LogP contribution in [0.25, 0.3) is 6.08 Å². The quantitative estimate of drug-likeness (QED) is 0.207. The van der Waals surface area contributed by atoms with Crippen LogP contribution in [-0.4, -0.2) is 33.6 Å². The molecule has 0 radical (unpaired) electrons. The van der Waals surface area contributed by atoms with E-state index in [0.717, 1.165) is 15.6 Å². The maximum absolute atomic E-state index is 14.3. The monoisotopic (exact) mass is 578 g/mol. The lowest BCUT2D eigenvalue weighted by Crippen LogP contribution is -2.63. The Kier molecular flexibility index (Phi) is 7.72. The first-order valence-corrected chi connectivity index (χ1v) is 13.1. The molecule has 3 aromatic rings. The van der Waals surface area contributed by atoms with E-state index in [9.17, 15) is 14.4 Å². The molecule has 1 fully saturated rings. The zero-order valence-electron chi connectivity index (χ0n) is 20.9. The van der Waals surface area contributed by atoms with Crippen molar-refractivity contribution in [2.45, 2.75) is 44.8 Å². The number of likely N-dealkylation sites (tertiary alicyclic amines) is 1. The number of carbonyl (C=O) groups excluding carboxylic acids is 3. The molecule has 0 aliphatic carbocycles. The van der Waals surface area contributed by atoms with Gasteiger partial charge in [0.2, 0.25) is 0 Å². The molecule has 1 unspecified atom stereocenters. The Labute approximate surface area is 230 Å². The van der Waals surface area contributed by atoms with E-state index in [4.69, 9.17) is 11.6 Å². The number of halogens is 2. The van der Waals surface area contributed by atoms with Crippen LogP contribution in [0.1, 0.15) is 48.7 Å². The minimum absolute atomic E-state index is 0.0574. The van der Waals surface area contributed by atoms with Gasteiger partial charge < -0.3 is 10.2 Å². The van der Waals surface area contributed by atoms with Crippen molar-refractivity contribution >= 4 is 51.2 Å². The first kappa shape index (κ1) is 26.8. The molecule has 3 aromatic carbocycles. The lowest BCUT2D eigenvalue weighted by atomic mass is 9.83. The van der Waals surface area contributed by atoms with E-state index < -0.39 is 22.8 Å². The fourth-order valence-electron chi connectivity index (χ4n) is 4.43. The zero-order chi connectivity index (χ0) is 26.8. The van der Waals surface area contributed by atoms with Gasteiger partial charge in [0.1, 0.15) is 0 Å². The lowest BCUT2D eigenvalue weighted by molar-refractivity contribution is -0.139. The van der Waals surface area contributed by atoms with Crippen molar-refractivity contribution in [1.29, 1.82) is 0 Å².